The lowest BCUT2D eigenvalue weighted by Gasteiger charge is -2.19. The number of pyridine rings is 1. The standard InChI is InChI=1S/C20H24FN3O/c1-2-22-20(25)12-24-10-14-7-13(8-15(14)11-24)17-5-6-23-19-4-3-16(21)9-18(17)19/h3-6,9,13-15H,2,7-8,10-12H2,1H3,(H,22,25)/t13-,14-,15?/m1/s1. The second kappa shape index (κ2) is 6.71. The van der Waals surface area contributed by atoms with Crippen molar-refractivity contribution in [3.05, 3.63) is 41.8 Å². The molecule has 4 nitrogen and oxygen atoms in total. The molecule has 0 spiro atoms. The van der Waals surface area contributed by atoms with Crippen LogP contribution in [0.4, 0.5) is 4.39 Å². The van der Waals surface area contributed by atoms with Crippen LogP contribution in [0, 0.1) is 17.7 Å². The van der Waals surface area contributed by atoms with Gasteiger partial charge in [0.15, 0.2) is 0 Å². The summed E-state index contributed by atoms with van der Waals surface area (Å²) >= 11 is 0. The van der Waals surface area contributed by atoms with Gasteiger partial charge in [-0.1, -0.05) is 0 Å². The number of hydrogen-bond acceptors (Lipinski definition) is 3. The maximum Gasteiger partial charge on any atom is 0.234 e. The van der Waals surface area contributed by atoms with Crippen molar-refractivity contribution in [2.45, 2.75) is 25.7 Å². The summed E-state index contributed by atoms with van der Waals surface area (Å²) < 4.78 is 13.7. The van der Waals surface area contributed by atoms with Crippen LogP contribution in [0.15, 0.2) is 30.5 Å². The molecule has 132 valence electrons. The molecule has 1 unspecified atom stereocenters. The molecule has 2 aliphatic rings. The summed E-state index contributed by atoms with van der Waals surface area (Å²) in [4.78, 5) is 18.4. The number of nitrogens with zero attached hydrogens (tertiary/aromatic N) is 2. The molecule has 2 heterocycles. The molecule has 1 aliphatic heterocycles. The second-order valence-electron chi connectivity index (χ2n) is 7.40. The Hall–Kier alpha value is -2.01. The molecule has 4 rings (SSSR count). The highest BCUT2D eigenvalue weighted by atomic mass is 19.1. The molecular weight excluding hydrogens is 317 g/mol. The van der Waals surface area contributed by atoms with Crippen LogP contribution < -0.4 is 5.32 Å². The zero-order valence-corrected chi connectivity index (χ0v) is 14.5. The maximum atomic E-state index is 13.7. The molecule has 0 radical (unpaired) electrons. The van der Waals surface area contributed by atoms with Gasteiger partial charge in [-0.2, -0.15) is 0 Å². The van der Waals surface area contributed by atoms with Gasteiger partial charge in [-0.3, -0.25) is 14.7 Å². The van der Waals surface area contributed by atoms with Gasteiger partial charge in [0.25, 0.3) is 0 Å². The van der Waals surface area contributed by atoms with E-state index >= 15 is 0 Å². The van der Waals surface area contributed by atoms with Crippen LogP contribution in [-0.2, 0) is 4.79 Å². The summed E-state index contributed by atoms with van der Waals surface area (Å²) in [5.41, 5.74) is 2.10. The van der Waals surface area contributed by atoms with Crippen molar-refractivity contribution >= 4 is 16.8 Å². The number of nitrogens with one attached hydrogen (secondary N) is 1. The van der Waals surface area contributed by atoms with E-state index < -0.39 is 0 Å². The minimum absolute atomic E-state index is 0.120. The highest BCUT2D eigenvalue weighted by Gasteiger charge is 2.41. The number of likely N-dealkylation sites (N-methyl/N-ethyl adjacent to an activating group) is 1. The number of carbonyl (C=O) groups is 1. The number of benzene rings is 1. The molecule has 1 saturated carbocycles. The Morgan fingerprint density at radius 3 is 2.76 bits per heavy atom. The summed E-state index contributed by atoms with van der Waals surface area (Å²) in [6.45, 7) is 5.14. The number of likely N-dealkylation sites (tertiary alicyclic amines) is 1. The molecule has 1 N–H and O–H groups in total. The topological polar surface area (TPSA) is 45.2 Å². The van der Waals surface area contributed by atoms with Crippen LogP contribution in [0.3, 0.4) is 0 Å². The van der Waals surface area contributed by atoms with Crippen molar-refractivity contribution in [2.75, 3.05) is 26.2 Å². The summed E-state index contributed by atoms with van der Waals surface area (Å²) in [5, 5.41) is 3.83. The van der Waals surface area contributed by atoms with E-state index in [0.29, 0.717) is 30.8 Å². The summed E-state index contributed by atoms with van der Waals surface area (Å²) in [5.74, 6) is 1.66. The Morgan fingerprint density at radius 1 is 1.28 bits per heavy atom. The van der Waals surface area contributed by atoms with Gasteiger partial charge in [0.1, 0.15) is 5.82 Å². The van der Waals surface area contributed by atoms with Crippen LogP contribution in [0.1, 0.15) is 31.2 Å². The van der Waals surface area contributed by atoms with E-state index in [1.54, 1.807) is 12.1 Å². The van der Waals surface area contributed by atoms with Crippen molar-refractivity contribution in [3.63, 3.8) is 0 Å². The Kier molecular flexibility index (Phi) is 4.42. The van der Waals surface area contributed by atoms with E-state index in [4.69, 9.17) is 0 Å². The number of halogens is 1. The molecule has 3 atom stereocenters. The summed E-state index contributed by atoms with van der Waals surface area (Å²) in [7, 11) is 0. The fourth-order valence-corrected chi connectivity index (χ4v) is 4.73. The number of hydrogen-bond donors (Lipinski definition) is 1. The lowest BCUT2D eigenvalue weighted by atomic mass is 9.93. The number of rotatable bonds is 4. The van der Waals surface area contributed by atoms with Crippen LogP contribution >= 0.6 is 0 Å². The summed E-state index contributed by atoms with van der Waals surface area (Å²) in [6, 6.07) is 6.91. The Balaban J connectivity index is 1.47. The second-order valence-corrected chi connectivity index (χ2v) is 7.40. The van der Waals surface area contributed by atoms with Crippen LogP contribution in [0.5, 0.6) is 0 Å². The summed E-state index contributed by atoms with van der Waals surface area (Å²) in [6.07, 6.45) is 4.07. The first-order chi connectivity index (χ1) is 12.1. The van der Waals surface area contributed by atoms with E-state index in [0.717, 1.165) is 36.8 Å². The molecular formula is C20H24FN3O. The number of fused-ring (bicyclic) bond motifs is 2. The van der Waals surface area contributed by atoms with Crippen LogP contribution in [0.2, 0.25) is 0 Å². The average molecular weight is 341 g/mol. The first kappa shape index (κ1) is 16.5. The SMILES string of the molecule is CCNC(=O)CN1CC2C[C@H](c3ccnc4ccc(F)cc34)C[C@@H]2C1. The minimum Gasteiger partial charge on any atom is -0.355 e. The largest absolute Gasteiger partial charge is 0.355 e. The molecule has 25 heavy (non-hydrogen) atoms. The van der Waals surface area contributed by atoms with Crippen molar-refractivity contribution in [3.8, 4) is 0 Å². The molecule has 1 saturated heterocycles. The van der Waals surface area contributed by atoms with Gasteiger partial charge in [0.2, 0.25) is 5.91 Å². The number of carbonyl (C=O) groups excluding carboxylic acids is 1. The molecule has 2 aromatic rings. The lowest BCUT2D eigenvalue weighted by Crippen LogP contribution is -2.36. The quantitative estimate of drug-likeness (QED) is 0.930. The first-order valence-corrected chi connectivity index (χ1v) is 9.17. The highest BCUT2D eigenvalue weighted by Crippen LogP contribution is 2.47. The minimum atomic E-state index is -0.201. The predicted octanol–water partition coefficient (Wildman–Crippen LogP) is 2.94. The lowest BCUT2D eigenvalue weighted by molar-refractivity contribution is -0.121. The van der Waals surface area contributed by atoms with Gasteiger partial charge in [-0.05, 0) is 67.3 Å². The zero-order valence-electron chi connectivity index (χ0n) is 14.5. The molecule has 1 aromatic carbocycles. The normalized spacial score (nSPS) is 26.1. The van der Waals surface area contributed by atoms with Gasteiger partial charge >= 0.3 is 0 Å². The van der Waals surface area contributed by atoms with Crippen molar-refractivity contribution < 1.29 is 9.18 Å². The monoisotopic (exact) mass is 341 g/mol. The average Bonchev–Trinajstić information content (AvgIpc) is 3.12. The third kappa shape index (κ3) is 3.25. The third-order valence-electron chi connectivity index (χ3n) is 5.74. The smallest absolute Gasteiger partial charge is 0.234 e. The number of amides is 1. The van der Waals surface area contributed by atoms with Crippen LogP contribution in [0.25, 0.3) is 10.9 Å². The van der Waals surface area contributed by atoms with E-state index in [2.05, 4.69) is 21.3 Å². The number of aromatic nitrogens is 1. The van der Waals surface area contributed by atoms with Crippen molar-refractivity contribution in [1.29, 1.82) is 0 Å². The molecule has 5 heteroatoms. The van der Waals surface area contributed by atoms with E-state index in [1.165, 1.54) is 11.6 Å². The van der Waals surface area contributed by atoms with Gasteiger partial charge in [-0.15, -0.1) is 0 Å². The maximum absolute atomic E-state index is 13.7. The van der Waals surface area contributed by atoms with Crippen molar-refractivity contribution in [1.82, 2.24) is 15.2 Å². The molecule has 0 bridgehead atoms. The Morgan fingerprint density at radius 2 is 2.04 bits per heavy atom. The zero-order chi connectivity index (χ0) is 17.4. The Labute approximate surface area is 147 Å². The molecule has 1 aliphatic carbocycles. The van der Waals surface area contributed by atoms with E-state index in [9.17, 15) is 9.18 Å². The van der Waals surface area contributed by atoms with E-state index in [1.807, 2.05) is 13.1 Å². The Bertz CT molecular complexity index is 780. The fourth-order valence-electron chi connectivity index (χ4n) is 4.73. The van der Waals surface area contributed by atoms with E-state index in [-0.39, 0.29) is 11.7 Å². The predicted molar refractivity (Wildman–Crippen MR) is 95.8 cm³/mol. The molecule has 1 aromatic heterocycles. The third-order valence-corrected chi connectivity index (χ3v) is 5.74. The van der Waals surface area contributed by atoms with Gasteiger partial charge in [0, 0.05) is 31.2 Å². The van der Waals surface area contributed by atoms with Crippen molar-refractivity contribution in [2.24, 2.45) is 11.8 Å². The molecule has 2 fully saturated rings. The first-order valence-electron chi connectivity index (χ1n) is 9.17. The van der Waals surface area contributed by atoms with Gasteiger partial charge < -0.3 is 5.32 Å². The van der Waals surface area contributed by atoms with Gasteiger partial charge in [0.05, 0.1) is 12.1 Å². The fraction of sp³-hybridized carbons (Fsp3) is 0.500. The molecule has 1 amide bonds. The van der Waals surface area contributed by atoms with Gasteiger partial charge in [-0.25, -0.2) is 4.39 Å². The highest BCUT2D eigenvalue weighted by molar-refractivity contribution is 5.82. The van der Waals surface area contributed by atoms with Crippen LogP contribution in [-0.4, -0.2) is 42.0 Å².